The zero-order valence-corrected chi connectivity index (χ0v) is 11.9. The minimum absolute atomic E-state index is 0.00294. The second-order valence-electron chi connectivity index (χ2n) is 4.74. The van der Waals surface area contributed by atoms with E-state index >= 15 is 0 Å². The fourth-order valence-electron chi connectivity index (χ4n) is 2.11. The number of rotatable bonds is 6. The molecular formula is C17H20FNO. The standard InChI is InChI=1S/C17H20FNO/c1-3-19-13(2)16-10-9-15(11-17(16)18)20-12-14-7-5-4-6-8-14/h4-11,13,19H,3,12H2,1-2H3. The summed E-state index contributed by atoms with van der Waals surface area (Å²) in [5.41, 5.74) is 1.73. The molecule has 106 valence electrons. The van der Waals surface area contributed by atoms with E-state index in [1.165, 1.54) is 6.07 Å². The van der Waals surface area contributed by atoms with Crippen molar-refractivity contribution in [2.45, 2.75) is 26.5 Å². The third-order valence-electron chi connectivity index (χ3n) is 3.20. The molecule has 0 aromatic heterocycles. The summed E-state index contributed by atoms with van der Waals surface area (Å²) in [6.45, 7) is 5.22. The van der Waals surface area contributed by atoms with Gasteiger partial charge in [0, 0.05) is 17.7 Å². The summed E-state index contributed by atoms with van der Waals surface area (Å²) in [7, 11) is 0. The molecule has 0 aliphatic heterocycles. The van der Waals surface area contributed by atoms with Crippen LogP contribution in [-0.4, -0.2) is 6.54 Å². The molecule has 0 fully saturated rings. The first-order valence-corrected chi connectivity index (χ1v) is 6.90. The molecule has 1 atom stereocenters. The van der Waals surface area contributed by atoms with Gasteiger partial charge in [-0.2, -0.15) is 0 Å². The maximum Gasteiger partial charge on any atom is 0.131 e. The van der Waals surface area contributed by atoms with Crippen LogP contribution in [0.1, 0.15) is 31.0 Å². The lowest BCUT2D eigenvalue weighted by molar-refractivity contribution is 0.304. The zero-order chi connectivity index (χ0) is 14.4. The number of hydrogen-bond acceptors (Lipinski definition) is 2. The lowest BCUT2D eigenvalue weighted by atomic mass is 10.1. The molecule has 2 aromatic carbocycles. The second-order valence-corrected chi connectivity index (χ2v) is 4.74. The molecule has 0 spiro atoms. The fourth-order valence-corrected chi connectivity index (χ4v) is 2.11. The van der Waals surface area contributed by atoms with E-state index in [1.807, 2.05) is 50.2 Å². The molecule has 0 aliphatic carbocycles. The molecule has 20 heavy (non-hydrogen) atoms. The van der Waals surface area contributed by atoms with Gasteiger partial charge in [-0.1, -0.05) is 43.3 Å². The number of benzene rings is 2. The van der Waals surface area contributed by atoms with Crippen LogP contribution in [0.3, 0.4) is 0 Å². The Hall–Kier alpha value is -1.87. The van der Waals surface area contributed by atoms with E-state index < -0.39 is 0 Å². The summed E-state index contributed by atoms with van der Waals surface area (Å²) in [5.74, 6) is 0.322. The molecule has 1 N–H and O–H groups in total. The van der Waals surface area contributed by atoms with Crippen molar-refractivity contribution in [3.8, 4) is 5.75 Å². The van der Waals surface area contributed by atoms with E-state index in [2.05, 4.69) is 5.32 Å². The SMILES string of the molecule is CCNC(C)c1ccc(OCc2ccccc2)cc1F. The van der Waals surface area contributed by atoms with Gasteiger partial charge in [0.15, 0.2) is 0 Å². The largest absolute Gasteiger partial charge is 0.489 e. The quantitative estimate of drug-likeness (QED) is 0.856. The van der Waals surface area contributed by atoms with Crippen LogP contribution in [-0.2, 0) is 6.61 Å². The average molecular weight is 273 g/mol. The molecule has 2 aromatic rings. The molecule has 0 bridgehead atoms. The van der Waals surface area contributed by atoms with Crippen molar-refractivity contribution in [1.29, 1.82) is 0 Å². The van der Waals surface area contributed by atoms with Gasteiger partial charge in [-0.3, -0.25) is 0 Å². The van der Waals surface area contributed by atoms with E-state index in [0.717, 1.165) is 12.1 Å². The number of halogens is 1. The van der Waals surface area contributed by atoms with Gasteiger partial charge in [0.05, 0.1) is 0 Å². The number of nitrogens with one attached hydrogen (secondary N) is 1. The molecule has 0 heterocycles. The minimum atomic E-state index is -0.232. The highest BCUT2D eigenvalue weighted by molar-refractivity contribution is 5.31. The van der Waals surface area contributed by atoms with Crippen molar-refractivity contribution in [1.82, 2.24) is 5.32 Å². The van der Waals surface area contributed by atoms with Crippen molar-refractivity contribution < 1.29 is 9.13 Å². The maximum absolute atomic E-state index is 14.0. The molecule has 0 aliphatic rings. The van der Waals surface area contributed by atoms with Gasteiger partial charge in [-0.05, 0) is 25.1 Å². The van der Waals surface area contributed by atoms with Crippen LogP contribution in [0.4, 0.5) is 4.39 Å². The normalized spacial score (nSPS) is 12.2. The van der Waals surface area contributed by atoms with Crippen LogP contribution in [0.5, 0.6) is 5.75 Å². The van der Waals surface area contributed by atoms with Gasteiger partial charge in [0.25, 0.3) is 0 Å². The van der Waals surface area contributed by atoms with Gasteiger partial charge < -0.3 is 10.1 Å². The van der Waals surface area contributed by atoms with Crippen LogP contribution < -0.4 is 10.1 Å². The topological polar surface area (TPSA) is 21.3 Å². The van der Waals surface area contributed by atoms with E-state index in [4.69, 9.17) is 4.74 Å². The monoisotopic (exact) mass is 273 g/mol. The van der Waals surface area contributed by atoms with Crippen LogP contribution >= 0.6 is 0 Å². The van der Waals surface area contributed by atoms with Crippen LogP contribution in [0.2, 0.25) is 0 Å². The highest BCUT2D eigenvalue weighted by Crippen LogP contribution is 2.22. The minimum Gasteiger partial charge on any atom is -0.489 e. The Morgan fingerprint density at radius 3 is 2.55 bits per heavy atom. The lowest BCUT2D eigenvalue weighted by Crippen LogP contribution is -2.18. The molecule has 2 rings (SSSR count). The highest BCUT2D eigenvalue weighted by Gasteiger charge is 2.10. The second kappa shape index (κ2) is 7.06. The number of ether oxygens (including phenoxy) is 1. The van der Waals surface area contributed by atoms with Crippen molar-refractivity contribution in [3.63, 3.8) is 0 Å². The Morgan fingerprint density at radius 2 is 1.90 bits per heavy atom. The van der Waals surface area contributed by atoms with Crippen molar-refractivity contribution in [2.75, 3.05) is 6.54 Å². The van der Waals surface area contributed by atoms with Gasteiger partial charge >= 0.3 is 0 Å². The van der Waals surface area contributed by atoms with Crippen LogP contribution in [0.25, 0.3) is 0 Å². The molecule has 0 radical (unpaired) electrons. The molecule has 2 nitrogen and oxygen atoms in total. The zero-order valence-electron chi connectivity index (χ0n) is 11.9. The third kappa shape index (κ3) is 3.81. The highest BCUT2D eigenvalue weighted by atomic mass is 19.1. The summed E-state index contributed by atoms with van der Waals surface area (Å²) < 4.78 is 19.6. The van der Waals surface area contributed by atoms with Gasteiger partial charge in [0.1, 0.15) is 18.2 Å². The summed E-state index contributed by atoms with van der Waals surface area (Å²) >= 11 is 0. The number of hydrogen-bond donors (Lipinski definition) is 1. The third-order valence-corrected chi connectivity index (χ3v) is 3.20. The predicted molar refractivity (Wildman–Crippen MR) is 79.3 cm³/mol. The lowest BCUT2D eigenvalue weighted by Gasteiger charge is -2.14. The molecular weight excluding hydrogens is 253 g/mol. The first kappa shape index (κ1) is 14.5. The summed E-state index contributed by atoms with van der Waals surface area (Å²) in [6.07, 6.45) is 0. The Kier molecular flexibility index (Phi) is 5.13. The maximum atomic E-state index is 14.0. The van der Waals surface area contributed by atoms with E-state index in [1.54, 1.807) is 6.07 Å². The molecule has 0 saturated heterocycles. The fraction of sp³-hybridized carbons (Fsp3) is 0.294. The van der Waals surface area contributed by atoms with E-state index in [-0.39, 0.29) is 11.9 Å². The Balaban J connectivity index is 2.02. The van der Waals surface area contributed by atoms with Crippen molar-refractivity contribution >= 4 is 0 Å². The Bertz CT molecular complexity index is 542. The first-order chi connectivity index (χ1) is 9.70. The van der Waals surface area contributed by atoms with E-state index in [0.29, 0.717) is 17.9 Å². The molecule has 0 amide bonds. The Labute approximate surface area is 119 Å². The molecule has 3 heteroatoms. The summed E-state index contributed by atoms with van der Waals surface area (Å²) in [6, 6.07) is 14.9. The van der Waals surface area contributed by atoms with Crippen LogP contribution in [0.15, 0.2) is 48.5 Å². The average Bonchev–Trinajstić information content (AvgIpc) is 2.46. The smallest absolute Gasteiger partial charge is 0.131 e. The van der Waals surface area contributed by atoms with Crippen molar-refractivity contribution in [3.05, 3.63) is 65.5 Å². The molecule has 0 saturated carbocycles. The summed E-state index contributed by atoms with van der Waals surface area (Å²) in [5, 5.41) is 3.20. The summed E-state index contributed by atoms with van der Waals surface area (Å²) in [4.78, 5) is 0. The predicted octanol–water partition coefficient (Wildman–Crippen LogP) is 4.08. The first-order valence-electron chi connectivity index (χ1n) is 6.90. The van der Waals surface area contributed by atoms with Crippen molar-refractivity contribution in [2.24, 2.45) is 0 Å². The van der Waals surface area contributed by atoms with Gasteiger partial charge in [-0.25, -0.2) is 4.39 Å². The van der Waals surface area contributed by atoms with Gasteiger partial charge in [0.2, 0.25) is 0 Å². The van der Waals surface area contributed by atoms with Crippen LogP contribution in [0, 0.1) is 5.82 Å². The molecule has 1 unspecified atom stereocenters. The van der Waals surface area contributed by atoms with Gasteiger partial charge in [-0.15, -0.1) is 0 Å². The Morgan fingerprint density at radius 1 is 1.15 bits per heavy atom. The van der Waals surface area contributed by atoms with E-state index in [9.17, 15) is 4.39 Å².